The Kier molecular flexibility index (Phi) is 7.76. The first-order valence-electron chi connectivity index (χ1n) is 9.32. The van der Waals surface area contributed by atoms with Crippen molar-refractivity contribution in [3.8, 4) is 0 Å². The molecule has 2 rings (SSSR count). The number of rotatable bonds is 6. The van der Waals surface area contributed by atoms with Crippen LogP contribution in [-0.4, -0.2) is 50.1 Å². The molecule has 0 aromatic heterocycles. The van der Waals surface area contributed by atoms with Gasteiger partial charge in [-0.1, -0.05) is 37.3 Å². The molecule has 138 valence electrons. The number of aliphatic imine (C=N–C) groups is 1. The molecule has 1 atom stereocenters. The van der Waals surface area contributed by atoms with Gasteiger partial charge in [0.2, 0.25) is 0 Å². The molecule has 5 nitrogen and oxygen atoms in total. The van der Waals surface area contributed by atoms with E-state index in [1.165, 1.54) is 5.56 Å². The second-order valence-corrected chi connectivity index (χ2v) is 6.59. The van der Waals surface area contributed by atoms with Crippen LogP contribution < -0.4 is 5.32 Å². The van der Waals surface area contributed by atoms with Crippen LogP contribution in [0.25, 0.3) is 0 Å². The topological polar surface area (TPSA) is 53.9 Å². The molecule has 1 aliphatic rings. The van der Waals surface area contributed by atoms with Gasteiger partial charge in [0.05, 0.1) is 12.5 Å². The maximum atomic E-state index is 11.8. The minimum Gasteiger partial charge on any atom is -0.466 e. The number of carbonyl (C=O) groups is 1. The fourth-order valence-electron chi connectivity index (χ4n) is 3.27. The molecular formula is C20H31N3O2. The smallest absolute Gasteiger partial charge is 0.309 e. The zero-order chi connectivity index (χ0) is 18.1. The van der Waals surface area contributed by atoms with Crippen molar-refractivity contribution < 1.29 is 9.53 Å². The SMILES string of the molecule is CCOC(=O)C1CCN(C(=NC)NCCC(C)c2ccccc2)CC1. The number of nitrogens with one attached hydrogen (secondary N) is 1. The number of ether oxygens (including phenoxy) is 1. The van der Waals surface area contributed by atoms with Crippen LogP contribution in [0.5, 0.6) is 0 Å². The highest BCUT2D eigenvalue weighted by Gasteiger charge is 2.27. The minimum atomic E-state index is -0.0539. The normalized spacial score (nSPS) is 17.2. The van der Waals surface area contributed by atoms with Gasteiger partial charge in [0, 0.05) is 26.7 Å². The van der Waals surface area contributed by atoms with Crippen molar-refractivity contribution in [3.05, 3.63) is 35.9 Å². The summed E-state index contributed by atoms with van der Waals surface area (Å²) in [5, 5.41) is 3.47. The van der Waals surface area contributed by atoms with Gasteiger partial charge in [-0.15, -0.1) is 0 Å². The van der Waals surface area contributed by atoms with Crippen molar-refractivity contribution in [2.45, 2.75) is 39.0 Å². The van der Waals surface area contributed by atoms with E-state index < -0.39 is 0 Å². The number of likely N-dealkylation sites (tertiary alicyclic amines) is 1. The molecular weight excluding hydrogens is 314 g/mol. The summed E-state index contributed by atoms with van der Waals surface area (Å²) in [4.78, 5) is 18.5. The molecule has 1 aromatic rings. The van der Waals surface area contributed by atoms with Crippen molar-refractivity contribution >= 4 is 11.9 Å². The summed E-state index contributed by atoms with van der Waals surface area (Å²) >= 11 is 0. The van der Waals surface area contributed by atoms with Gasteiger partial charge in [0.1, 0.15) is 0 Å². The molecule has 25 heavy (non-hydrogen) atoms. The zero-order valence-corrected chi connectivity index (χ0v) is 15.7. The van der Waals surface area contributed by atoms with E-state index in [9.17, 15) is 4.79 Å². The molecule has 1 aliphatic heterocycles. The lowest BCUT2D eigenvalue weighted by atomic mass is 9.97. The number of guanidine groups is 1. The van der Waals surface area contributed by atoms with Gasteiger partial charge in [-0.25, -0.2) is 0 Å². The average molecular weight is 345 g/mol. The number of nitrogens with zero attached hydrogens (tertiary/aromatic N) is 2. The van der Waals surface area contributed by atoms with E-state index in [2.05, 4.69) is 52.5 Å². The summed E-state index contributed by atoms with van der Waals surface area (Å²) in [5.74, 6) is 1.43. The predicted molar refractivity (Wildman–Crippen MR) is 102 cm³/mol. The fourth-order valence-corrected chi connectivity index (χ4v) is 3.27. The average Bonchev–Trinajstić information content (AvgIpc) is 2.66. The van der Waals surface area contributed by atoms with Crippen molar-refractivity contribution in [2.75, 3.05) is 33.3 Å². The van der Waals surface area contributed by atoms with E-state index >= 15 is 0 Å². The number of esters is 1. The molecule has 0 aliphatic carbocycles. The largest absolute Gasteiger partial charge is 0.466 e. The highest BCUT2D eigenvalue weighted by atomic mass is 16.5. The predicted octanol–water partition coefficient (Wildman–Crippen LogP) is 3.03. The van der Waals surface area contributed by atoms with E-state index in [0.29, 0.717) is 12.5 Å². The summed E-state index contributed by atoms with van der Waals surface area (Å²) in [5.41, 5.74) is 1.37. The molecule has 1 aromatic carbocycles. The standard InChI is InChI=1S/C20H31N3O2/c1-4-25-19(24)18-11-14-23(15-12-18)20(21-3)22-13-10-16(2)17-8-6-5-7-9-17/h5-9,16,18H,4,10-15H2,1-3H3,(H,21,22). The monoisotopic (exact) mass is 345 g/mol. The van der Waals surface area contributed by atoms with E-state index in [1.807, 2.05) is 14.0 Å². The Labute approximate surface area is 151 Å². The van der Waals surface area contributed by atoms with Gasteiger partial charge in [-0.3, -0.25) is 9.79 Å². The van der Waals surface area contributed by atoms with E-state index in [1.54, 1.807) is 0 Å². The van der Waals surface area contributed by atoms with Gasteiger partial charge in [-0.2, -0.15) is 0 Å². The Morgan fingerprint density at radius 2 is 2.00 bits per heavy atom. The number of piperidine rings is 1. The van der Waals surface area contributed by atoms with Gasteiger partial charge in [0.25, 0.3) is 0 Å². The molecule has 1 fully saturated rings. The first-order valence-corrected chi connectivity index (χ1v) is 9.32. The van der Waals surface area contributed by atoms with E-state index in [4.69, 9.17) is 4.74 Å². The lowest BCUT2D eigenvalue weighted by Gasteiger charge is -2.33. The molecule has 1 saturated heterocycles. The van der Waals surface area contributed by atoms with Crippen LogP contribution >= 0.6 is 0 Å². The first-order chi connectivity index (χ1) is 12.2. The van der Waals surface area contributed by atoms with Crippen LogP contribution in [-0.2, 0) is 9.53 Å². The third-order valence-electron chi connectivity index (χ3n) is 4.86. The second-order valence-electron chi connectivity index (χ2n) is 6.59. The van der Waals surface area contributed by atoms with Crippen molar-refractivity contribution in [2.24, 2.45) is 10.9 Å². The Hall–Kier alpha value is -2.04. The molecule has 1 unspecified atom stereocenters. The summed E-state index contributed by atoms with van der Waals surface area (Å²) in [6.07, 6.45) is 2.72. The maximum Gasteiger partial charge on any atom is 0.309 e. The van der Waals surface area contributed by atoms with Crippen molar-refractivity contribution in [3.63, 3.8) is 0 Å². The number of hydrogen-bond donors (Lipinski definition) is 1. The number of hydrogen-bond acceptors (Lipinski definition) is 3. The van der Waals surface area contributed by atoms with Gasteiger partial charge >= 0.3 is 5.97 Å². The summed E-state index contributed by atoms with van der Waals surface area (Å²) < 4.78 is 5.13. The van der Waals surface area contributed by atoms with Gasteiger partial charge in [0.15, 0.2) is 5.96 Å². The molecule has 0 spiro atoms. The van der Waals surface area contributed by atoms with E-state index in [0.717, 1.165) is 44.9 Å². The van der Waals surface area contributed by atoms with Crippen LogP contribution in [0.3, 0.4) is 0 Å². The Bertz CT molecular complexity index is 551. The lowest BCUT2D eigenvalue weighted by molar-refractivity contribution is -0.149. The van der Waals surface area contributed by atoms with Crippen LogP contribution in [0.4, 0.5) is 0 Å². The molecule has 0 amide bonds. The van der Waals surface area contributed by atoms with Crippen molar-refractivity contribution in [1.29, 1.82) is 0 Å². The molecule has 0 bridgehead atoms. The molecule has 5 heteroatoms. The summed E-state index contributed by atoms with van der Waals surface area (Å²) in [6, 6.07) is 10.6. The quantitative estimate of drug-likeness (QED) is 0.489. The second kappa shape index (κ2) is 10.1. The number of carbonyl (C=O) groups excluding carboxylic acids is 1. The van der Waals surface area contributed by atoms with Crippen LogP contribution in [0.1, 0.15) is 44.6 Å². The Morgan fingerprint density at radius 3 is 2.60 bits per heavy atom. The maximum absolute atomic E-state index is 11.8. The highest BCUT2D eigenvalue weighted by molar-refractivity contribution is 5.80. The third kappa shape index (κ3) is 5.76. The zero-order valence-electron chi connectivity index (χ0n) is 15.7. The molecule has 0 radical (unpaired) electrons. The van der Waals surface area contributed by atoms with Gasteiger partial charge < -0.3 is 15.0 Å². The van der Waals surface area contributed by atoms with Crippen LogP contribution in [0, 0.1) is 5.92 Å². The summed E-state index contributed by atoms with van der Waals surface area (Å²) in [6.45, 7) is 7.15. The Balaban J connectivity index is 1.75. The highest BCUT2D eigenvalue weighted by Crippen LogP contribution is 2.20. The minimum absolute atomic E-state index is 0.0346. The first kappa shape index (κ1) is 19.3. The molecule has 1 N–H and O–H groups in total. The van der Waals surface area contributed by atoms with Crippen molar-refractivity contribution in [1.82, 2.24) is 10.2 Å². The lowest BCUT2D eigenvalue weighted by Crippen LogP contribution is -2.47. The fraction of sp³-hybridized carbons (Fsp3) is 0.600. The Morgan fingerprint density at radius 1 is 1.32 bits per heavy atom. The number of benzene rings is 1. The summed E-state index contributed by atoms with van der Waals surface area (Å²) in [7, 11) is 1.82. The molecule has 0 saturated carbocycles. The molecule has 1 heterocycles. The van der Waals surface area contributed by atoms with Crippen LogP contribution in [0.15, 0.2) is 35.3 Å². The van der Waals surface area contributed by atoms with Gasteiger partial charge in [-0.05, 0) is 37.7 Å². The third-order valence-corrected chi connectivity index (χ3v) is 4.86. The van der Waals surface area contributed by atoms with Crippen LogP contribution in [0.2, 0.25) is 0 Å². The van der Waals surface area contributed by atoms with E-state index in [-0.39, 0.29) is 11.9 Å².